The molecule has 1 aromatic rings. The SMILES string of the molecule is COCC(CCN)NC(=O)c1ccc(F)cn1. The van der Waals surface area contributed by atoms with E-state index in [2.05, 4.69) is 10.3 Å². The van der Waals surface area contributed by atoms with Crippen molar-refractivity contribution < 1.29 is 13.9 Å². The number of pyridine rings is 1. The highest BCUT2D eigenvalue weighted by molar-refractivity contribution is 5.92. The minimum absolute atomic E-state index is 0.163. The molecule has 1 unspecified atom stereocenters. The van der Waals surface area contributed by atoms with Crippen molar-refractivity contribution in [1.29, 1.82) is 0 Å². The van der Waals surface area contributed by atoms with Gasteiger partial charge in [0.05, 0.1) is 18.8 Å². The maximum absolute atomic E-state index is 12.6. The van der Waals surface area contributed by atoms with E-state index in [0.29, 0.717) is 19.6 Å². The summed E-state index contributed by atoms with van der Waals surface area (Å²) in [6.45, 7) is 0.829. The lowest BCUT2D eigenvalue weighted by Gasteiger charge is -2.16. The van der Waals surface area contributed by atoms with Crippen LogP contribution in [0.15, 0.2) is 18.3 Å². The zero-order valence-electron chi connectivity index (χ0n) is 9.65. The first-order valence-electron chi connectivity index (χ1n) is 5.28. The molecule has 0 spiro atoms. The average molecular weight is 241 g/mol. The fraction of sp³-hybridized carbons (Fsp3) is 0.455. The van der Waals surface area contributed by atoms with Gasteiger partial charge in [0.25, 0.3) is 5.91 Å². The van der Waals surface area contributed by atoms with Crippen molar-refractivity contribution in [2.45, 2.75) is 12.5 Å². The van der Waals surface area contributed by atoms with Crippen molar-refractivity contribution >= 4 is 5.91 Å². The van der Waals surface area contributed by atoms with E-state index < -0.39 is 5.82 Å². The lowest BCUT2D eigenvalue weighted by Crippen LogP contribution is -2.39. The van der Waals surface area contributed by atoms with Gasteiger partial charge in [-0.2, -0.15) is 0 Å². The highest BCUT2D eigenvalue weighted by Gasteiger charge is 2.13. The number of ether oxygens (including phenoxy) is 1. The summed E-state index contributed by atoms with van der Waals surface area (Å²) >= 11 is 0. The molecule has 17 heavy (non-hydrogen) atoms. The van der Waals surface area contributed by atoms with Gasteiger partial charge < -0.3 is 15.8 Å². The van der Waals surface area contributed by atoms with E-state index in [9.17, 15) is 9.18 Å². The summed E-state index contributed by atoms with van der Waals surface area (Å²) in [5.41, 5.74) is 5.59. The summed E-state index contributed by atoms with van der Waals surface area (Å²) in [7, 11) is 1.55. The molecule has 0 saturated carbocycles. The van der Waals surface area contributed by atoms with Crippen LogP contribution in [0.3, 0.4) is 0 Å². The lowest BCUT2D eigenvalue weighted by molar-refractivity contribution is 0.0888. The molecule has 1 aromatic heterocycles. The Morgan fingerprint density at radius 3 is 2.94 bits per heavy atom. The number of hydrogen-bond donors (Lipinski definition) is 2. The van der Waals surface area contributed by atoms with Crippen LogP contribution in [0.1, 0.15) is 16.9 Å². The molecule has 94 valence electrons. The van der Waals surface area contributed by atoms with Gasteiger partial charge >= 0.3 is 0 Å². The summed E-state index contributed by atoms with van der Waals surface area (Å²) in [5.74, 6) is -0.836. The van der Waals surface area contributed by atoms with Crippen LogP contribution in [0.25, 0.3) is 0 Å². The number of nitrogens with one attached hydrogen (secondary N) is 1. The number of carbonyl (C=O) groups excluding carboxylic acids is 1. The number of rotatable bonds is 6. The van der Waals surface area contributed by atoms with Gasteiger partial charge in [-0.3, -0.25) is 4.79 Å². The van der Waals surface area contributed by atoms with Gasteiger partial charge in [0.1, 0.15) is 11.5 Å². The highest BCUT2D eigenvalue weighted by atomic mass is 19.1. The fourth-order valence-corrected chi connectivity index (χ4v) is 1.37. The number of hydrogen-bond acceptors (Lipinski definition) is 4. The summed E-state index contributed by atoms with van der Waals surface area (Å²) in [6.07, 6.45) is 1.62. The molecule has 0 saturated heterocycles. The Morgan fingerprint density at radius 2 is 2.41 bits per heavy atom. The van der Waals surface area contributed by atoms with E-state index >= 15 is 0 Å². The van der Waals surface area contributed by atoms with Gasteiger partial charge in [0, 0.05) is 7.11 Å². The molecule has 0 aromatic carbocycles. The first kappa shape index (κ1) is 13.5. The molecule has 1 heterocycles. The molecule has 0 bridgehead atoms. The van der Waals surface area contributed by atoms with Gasteiger partial charge in [-0.1, -0.05) is 0 Å². The highest BCUT2D eigenvalue weighted by Crippen LogP contribution is 2.00. The maximum atomic E-state index is 12.6. The molecular formula is C11H16FN3O2. The standard InChI is InChI=1S/C11H16FN3O2/c1-17-7-9(4-5-13)15-11(16)10-3-2-8(12)6-14-10/h2-3,6,9H,4-5,7,13H2,1H3,(H,15,16). The number of aromatic nitrogens is 1. The zero-order valence-corrected chi connectivity index (χ0v) is 9.65. The van der Waals surface area contributed by atoms with Crippen LogP contribution in [0, 0.1) is 5.82 Å². The van der Waals surface area contributed by atoms with Gasteiger partial charge in [0.2, 0.25) is 0 Å². The van der Waals surface area contributed by atoms with E-state index in [1.54, 1.807) is 7.11 Å². The van der Waals surface area contributed by atoms with Gasteiger partial charge in [-0.25, -0.2) is 9.37 Å². The third-order valence-corrected chi connectivity index (χ3v) is 2.18. The Hall–Kier alpha value is -1.53. The van der Waals surface area contributed by atoms with E-state index in [-0.39, 0.29) is 17.6 Å². The molecule has 0 fully saturated rings. The average Bonchev–Trinajstić information content (AvgIpc) is 2.30. The number of carbonyl (C=O) groups is 1. The Morgan fingerprint density at radius 1 is 1.65 bits per heavy atom. The number of amides is 1. The van der Waals surface area contributed by atoms with Gasteiger partial charge in [-0.05, 0) is 25.1 Å². The molecule has 1 rings (SSSR count). The van der Waals surface area contributed by atoms with Crippen LogP contribution in [-0.2, 0) is 4.74 Å². The molecule has 0 aliphatic rings. The second kappa shape index (κ2) is 6.93. The van der Waals surface area contributed by atoms with Crippen LogP contribution < -0.4 is 11.1 Å². The second-order valence-corrected chi connectivity index (χ2v) is 3.56. The first-order valence-corrected chi connectivity index (χ1v) is 5.28. The molecule has 0 aliphatic carbocycles. The summed E-state index contributed by atoms with van der Waals surface area (Å²) in [4.78, 5) is 15.4. The van der Waals surface area contributed by atoms with E-state index in [4.69, 9.17) is 10.5 Å². The molecule has 5 nitrogen and oxygen atoms in total. The predicted molar refractivity (Wildman–Crippen MR) is 61.0 cm³/mol. The van der Waals surface area contributed by atoms with Crippen LogP contribution in [0.2, 0.25) is 0 Å². The zero-order chi connectivity index (χ0) is 12.7. The van der Waals surface area contributed by atoms with Gasteiger partial charge in [0.15, 0.2) is 0 Å². The molecular weight excluding hydrogens is 225 g/mol. The third kappa shape index (κ3) is 4.46. The number of nitrogens with two attached hydrogens (primary N) is 1. The van der Waals surface area contributed by atoms with Crippen LogP contribution in [-0.4, -0.2) is 37.2 Å². The quantitative estimate of drug-likeness (QED) is 0.751. The molecule has 6 heteroatoms. The molecule has 3 N–H and O–H groups in total. The first-order chi connectivity index (χ1) is 8.17. The van der Waals surface area contributed by atoms with Crippen molar-refractivity contribution in [3.8, 4) is 0 Å². The molecule has 1 atom stereocenters. The predicted octanol–water partition coefficient (Wildman–Crippen LogP) is 0.314. The molecule has 1 amide bonds. The second-order valence-electron chi connectivity index (χ2n) is 3.56. The third-order valence-electron chi connectivity index (χ3n) is 2.18. The Bertz CT molecular complexity index is 350. The number of nitrogens with zero attached hydrogens (tertiary/aromatic N) is 1. The summed E-state index contributed by atoms with van der Waals surface area (Å²) in [6, 6.07) is 2.36. The van der Waals surface area contributed by atoms with Crippen molar-refractivity contribution in [3.05, 3.63) is 29.8 Å². The van der Waals surface area contributed by atoms with Gasteiger partial charge in [-0.15, -0.1) is 0 Å². The van der Waals surface area contributed by atoms with E-state index in [0.717, 1.165) is 6.20 Å². The fourth-order valence-electron chi connectivity index (χ4n) is 1.37. The Labute approximate surface area is 99.2 Å². The van der Waals surface area contributed by atoms with E-state index in [1.807, 2.05) is 0 Å². The Kier molecular flexibility index (Phi) is 5.51. The topological polar surface area (TPSA) is 77.2 Å². The molecule has 0 aliphatic heterocycles. The summed E-state index contributed by atoms with van der Waals surface area (Å²) < 4.78 is 17.6. The van der Waals surface area contributed by atoms with Crippen molar-refractivity contribution in [1.82, 2.24) is 10.3 Å². The minimum Gasteiger partial charge on any atom is -0.383 e. The normalized spacial score (nSPS) is 12.2. The maximum Gasteiger partial charge on any atom is 0.270 e. The largest absolute Gasteiger partial charge is 0.383 e. The number of methoxy groups -OCH3 is 1. The van der Waals surface area contributed by atoms with Crippen molar-refractivity contribution in [2.75, 3.05) is 20.3 Å². The minimum atomic E-state index is -0.475. The van der Waals surface area contributed by atoms with Crippen LogP contribution in [0.4, 0.5) is 4.39 Å². The molecule has 0 radical (unpaired) electrons. The van der Waals surface area contributed by atoms with Crippen molar-refractivity contribution in [2.24, 2.45) is 5.73 Å². The number of halogens is 1. The lowest BCUT2D eigenvalue weighted by atomic mass is 10.2. The smallest absolute Gasteiger partial charge is 0.270 e. The van der Waals surface area contributed by atoms with Crippen LogP contribution in [0.5, 0.6) is 0 Å². The summed E-state index contributed by atoms with van der Waals surface area (Å²) in [5, 5.41) is 2.73. The monoisotopic (exact) mass is 241 g/mol. The van der Waals surface area contributed by atoms with E-state index in [1.165, 1.54) is 12.1 Å². The van der Waals surface area contributed by atoms with Crippen LogP contribution >= 0.6 is 0 Å². The Balaban J connectivity index is 2.60. The van der Waals surface area contributed by atoms with Crippen molar-refractivity contribution in [3.63, 3.8) is 0 Å².